The second-order valence-corrected chi connectivity index (χ2v) is 4.38. The van der Waals surface area contributed by atoms with Crippen molar-refractivity contribution in [3.05, 3.63) is 23.8 Å². The van der Waals surface area contributed by atoms with E-state index in [-0.39, 0.29) is 11.8 Å². The Labute approximate surface area is 109 Å². The first-order valence-electron chi connectivity index (χ1n) is 6.19. The van der Waals surface area contributed by atoms with E-state index in [2.05, 4.69) is 6.92 Å². The summed E-state index contributed by atoms with van der Waals surface area (Å²) in [4.78, 5) is 13.7. The quantitative estimate of drug-likeness (QED) is 0.867. The molecule has 2 N–H and O–H groups in total. The first-order valence-corrected chi connectivity index (χ1v) is 6.19. The van der Waals surface area contributed by atoms with Gasteiger partial charge in [-0.25, -0.2) is 0 Å². The van der Waals surface area contributed by atoms with Crippen LogP contribution in [0.1, 0.15) is 19.4 Å². The second-order valence-electron chi connectivity index (χ2n) is 4.38. The molecule has 100 valence electrons. The molecule has 1 amide bonds. The number of hydrogen-bond donors (Lipinski definition) is 1. The summed E-state index contributed by atoms with van der Waals surface area (Å²) in [5.74, 6) is 0.723. The van der Waals surface area contributed by atoms with E-state index in [4.69, 9.17) is 10.5 Å². The summed E-state index contributed by atoms with van der Waals surface area (Å²) in [6.45, 7) is 4.26. The summed E-state index contributed by atoms with van der Waals surface area (Å²) in [5, 5.41) is 0. The average Bonchev–Trinajstić information content (AvgIpc) is 2.43. The number of ether oxygens (including phenoxy) is 1. The topological polar surface area (TPSA) is 55.6 Å². The molecule has 0 radical (unpaired) electrons. The van der Waals surface area contributed by atoms with Crippen molar-refractivity contribution in [2.45, 2.75) is 20.3 Å². The number of hydrogen-bond acceptors (Lipinski definition) is 3. The number of carbonyl (C=O) groups is 1. The third-order valence-electron chi connectivity index (χ3n) is 3.14. The Balaban J connectivity index is 2.99. The van der Waals surface area contributed by atoms with Gasteiger partial charge in [0.1, 0.15) is 5.75 Å². The molecular formula is C14H22N2O2. The van der Waals surface area contributed by atoms with Crippen molar-refractivity contribution in [2.24, 2.45) is 11.7 Å². The first kappa shape index (κ1) is 14.5. The van der Waals surface area contributed by atoms with Gasteiger partial charge in [0.25, 0.3) is 0 Å². The van der Waals surface area contributed by atoms with Crippen LogP contribution in [0.15, 0.2) is 18.2 Å². The highest BCUT2D eigenvalue weighted by atomic mass is 16.5. The fraction of sp³-hybridized carbons (Fsp3) is 0.500. The molecule has 1 atom stereocenters. The zero-order valence-corrected chi connectivity index (χ0v) is 11.6. The van der Waals surface area contributed by atoms with Gasteiger partial charge in [-0.1, -0.05) is 13.8 Å². The molecule has 4 heteroatoms. The maximum Gasteiger partial charge on any atom is 0.230 e. The summed E-state index contributed by atoms with van der Waals surface area (Å²) in [6, 6.07) is 5.77. The summed E-state index contributed by atoms with van der Waals surface area (Å²) >= 11 is 0. The molecular weight excluding hydrogens is 228 g/mol. The van der Waals surface area contributed by atoms with Crippen LogP contribution in [0.2, 0.25) is 0 Å². The normalized spacial score (nSPS) is 12.1. The number of anilines is 1. The van der Waals surface area contributed by atoms with E-state index in [0.29, 0.717) is 6.54 Å². The summed E-state index contributed by atoms with van der Waals surface area (Å²) in [5.41, 5.74) is 7.49. The van der Waals surface area contributed by atoms with Crippen LogP contribution in [0.25, 0.3) is 0 Å². The number of rotatable bonds is 5. The van der Waals surface area contributed by atoms with Gasteiger partial charge >= 0.3 is 0 Å². The van der Waals surface area contributed by atoms with Crippen LogP contribution in [0.3, 0.4) is 0 Å². The van der Waals surface area contributed by atoms with Crippen LogP contribution in [0, 0.1) is 5.92 Å². The molecule has 4 nitrogen and oxygen atoms in total. The highest BCUT2D eigenvalue weighted by molar-refractivity contribution is 5.94. The molecule has 0 fully saturated rings. The van der Waals surface area contributed by atoms with Gasteiger partial charge < -0.3 is 15.4 Å². The second kappa shape index (κ2) is 6.40. The highest BCUT2D eigenvalue weighted by Gasteiger charge is 2.18. The Morgan fingerprint density at radius 1 is 1.50 bits per heavy atom. The molecule has 18 heavy (non-hydrogen) atoms. The van der Waals surface area contributed by atoms with Crippen LogP contribution < -0.4 is 15.4 Å². The lowest BCUT2D eigenvalue weighted by atomic mass is 10.1. The molecule has 0 heterocycles. The molecule has 1 rings (SSSR count). The third kappa shape index (κ3) is 3.01. The number of nitrogens with zero attached hydrogens (tertiary/aromatic N) is 1. The minimum Gasteiger partial charge on any atom is -0.496 e. The van der Waals surface area contributed by atoms with E-state index in [1.54, 1.807) is 19.1 Å². The van der Waals surface area contributed by atoms with E-state index >= 15 is 0 Å². The number of carbonyl (C=O) groups excluding carboxylic acids is 1. The van der Waals surface area contributed by atoms with Gasteiger partial charge in [0, 0.05) is 25.2 Å². The summed E-state index contributed by atoms with van der Waals surface area (Å²) in [7, 11) is 3.43. The lowest BCUT2D eigenvalue weighted by Gasteiger charge is -2.22. The fourth-order valence-corrected chi connectivity index (χ4v) is 1.81. The Morgan fingerprint density at radius 2 is 2.17 bits per heavy atom. The van der Waals surface area contributed by atoms with Crippen molar-refractivity contribution < 1.29 is 9.53 Å². The van der Waals surface area contributed by atoms with E-state index in [1.165, 1.54) is 0 Å². The number of nitrogens with two attached hydrogens (primary N) is 1. The Morgan fingerprint density at radius 3 is 2.67 bits per heavy atom. The van der Waals surface area contributed by atoms with E-state index in [0.717, 1.165) is 23.4 Å². The highest BCUT2D eigenvalue weighted by Crippen LogP contribution is 2.25. The molecule has 0 bridgehead atoms. The molecule has 0 aromatic heterocycles. The van der Waals surface area contributed by atoms with E-state index < -0.39 is 0 Å². The van der Waals surface area contributed by atoms with Gasteiger partial charge in [-0.2, -0.15) is 0 Å². The zero-order valence-electron chi connectivity index (χ0n) is 11.6. The van der Waals surface area contributed by atoms with Crippen molar-refractivity contribution in [1.29, 1.82) is 0 Å². The maximum absolute atomic E-state index is 12.0. The number of benzene rings is 1. The molecule has 1 aromatic carbocycles. The van der Waals surface area contributed by atoms with Gasteiger partial charge in [-0.05, 0) is 30.2 Å². The smallest absolute Gasteiger partial charge is 0.230 e. The molecule has 0 aliphatic rings. The van der Waals surface area contributed by atoms with Gasteiger partial charge in [-0.3, -0.25) is 4.79 Å². The van der Waals surface area contributed by atoms with Crippen LogP contribution in [-0.2, 0) is 11.2 Å². The first-order chi connectivity index (χ1) is 8.54. The Bertz CT molecular complexity index is 418. The number of aryl methyl sites for hydroxylation is 1. The van der Waals surface area contributed by atoms with Gasteiger partial charge in [0.15, 0.2) is 0 Å². The molecule has 1 unspecified atom stereocenters. The monoisotopic (exact) mass is 250 g/mol. The largest absolute Gasteiger partial charge is 0.496 e. The van der Waals surface area contributed by atoms with Crippen molar-refractivity contribution in [2.75, 3.05) is 25.6 Å². The van der Waals surface area contributed by atoms with E-state index in [1.807, 2.05) is 25.1 Å². The number of amides is 1. The predicted octanol–water partition coefficient (Wildman–Crippen LogP) is 1.82. The molecule has 0 spiro atoms. The minimum absolute atomic E-state index is 0.0321. The van der Waals surface area contributed by atoms with Gasteiger partial charge in [0.2, 0.25) is 5.91 Å². The molecule has 0 aliphatic carbocycles. The minimum atomic E-state index is -0.165. The van der Waals surface area contributed by atoms with Crippen LogP contribution in [0.4, 0.5) is 5.69 Å². The fourth-order valence-electron chi connectivity index (χ4n) is 1.81. The van der Waals surface area contributed by atoms with Gasteiger partial charge in [-0.15, -0.1) is 0 Å². The van der Waals surface area contributed by atoms with Crippen molar-refractivity contribution in [3.8, 4) is 5.75 Å². The van der Waals surface area contributed by atoms with Crippen LogP contribution in [0.5, 0.6) is 5.75 Å². The third-order valence-corrected chi connectivity index (χ3v) is 3.14. The van der Waals surface area contributed by atoms with Crippen molar-refractivity contribution in [1.82, 2.24) is 0 Å². The average molecular weight is 250 g/mol. The SMILES string of the molecule is CCc1cc(N(C)C(=O)C(C)CN)ccc1OC. The lowest BCUT2D eigenvalue weighted by Crippen LogP contribution is -2.35. The van der Waals surface area contributed by atoms with Gasteiger partial charge in [0.05, 0.1) is 7.11 Å². The maximum atomic E-state index is 12.0. The van der Waals surface area contributed by atoms with E-state index in [9.17, 15) is 4.79 Å². The van der Waals surface area contributed by atoms with Crippen molar-refractivity contribution >= 4 is 11.6 Å². The molecule has 1 aromatic rings. The molecule has 0 saturated carbocycles. The summed E-state index contributed by atoms with van der Waals surface area (Å²) < 4.78 is 5.28. The lowest BCUT2D eigenvalue weighted by molar-refractivity contribution is -0.121. The Hall–Kier alpha value is -1.55. The molecule has 0 saturated heterocycles. The number of methoxy groups -OCH3 is 1. The summed E-state index contributed by atoms with van der Waals surface area (Å²) in [6.07, 6.45) is 0.867. The zero-order chi connectivity index (χ0) is 13.7. The van der Waals surface area contributed by atoms with Crippen LogP contribution in [-0.4, -0.2) is 26.6 Å². The predicted molar refractivity (Wildman–Crippen MR) is 74.0 cm³/mol. The van der Waals surface area contributed by atoms with Crippen LogP contribution >= 0.6 is 0 Å². The molecule has 0 aliphatic heterocycles. The standard InChI is InChI=1S/C14H22N2O2/c1-5-11-8-12(6-7-13(11)18-4)16(3)14(17)10(2)9-15/h6-8,10H,5,9,15H2,1-4H3. The van der Waals surface area contributed by atoms with Crippen molar-refractivity contribution in [3.63, 3.8) is 0 Å². The Kier molecular flexibility index (Phi) is 5.16.